The van der Waals surface area contributed by atoms with Gasteiger partial charge in [-0.15, -0.1) is 0 Å². The number of likely N-dealkylation sites (N-methyl/N-ethyl adjacent to an activating group) is 1. The molecule has 0 aliphatic heterocycles. The highest BCUT2D eigenvalue weighted by molar-refractivity contribution is 6.06. The molecule has 0 saturated heterocycles. The molecule has 2 aromatic carbocycles. The smallest absolute Gasteiger partial charge is 0.307 e. The monoisotopic (exact) mass is 705 g/mol. The maximum atomic E-state index is 13.1. The minimum atomic E-state index is -0.285. The molecule has 276 valence electrons. The van der Waals surface area contributed by atoms with E-state index in [-0.39, 0.29) is 42.6 Å². The SMILES string of the molecule is COC(=O)CCOCCOCCOCCCCCCOc1cccc([C@@H](C)NC(=O)c2cccc(NCC(=N)N(C)C(=N)c3ccncn3)c2)c1. The van der Waals surface area contributed by atoms with Crippen LogP contribution in [0.3, 0.4) is 0 Å². The van der Waals surface area contributed by atoms with Gasteiger partial charge >= 0.3 is 5.97 Å². The van der Waals surface area contributed by atoms with E-state index in [0.29, 0.717) is 63.2 Å². The summed E-state index contributed by atoms with van der Waals surface area (Å²) in [6.07, 6.45) is 7.15. The third-order valence-corrected chi connectivity index (χ3v) is 7.73. The summed E-state index contributed by atoms with van der Waals surface area (Å²) in [7, 11) is 2.99. The van der Waals surface area contributed by atoms with Crippen molar-refractivity contribution in [1.29, 1.82) is 10.8 Å². The highest BCUT2D eigenvalue weighted by Crippen LogP contribution is 2.21. The number of hydrogen-bond acceptors (Lipinski definition) is 12. The van der Waals surface area contributed by atoms with Crippen molar-refractivity contribution in [3.05, 3.63) is 83.9 Å². The van der Waals surface area contributed by atoms with Crippen molar-refractivity contribution in [3.8, 4) is 5.75 Å². The van der Waals surface area contributed by atoms with E-state index in [1.807, 2.05) is 37.3 Å². The molecule has 51 heavy (non-hydrogen) atoms. The molecule has 0 saturated carbocycles. The first kappa shape index (κ1) is 40.5. The van der Waals surface area contributed by atoms with Crippen molar-refractivity contribution in [2.45, 2.75) is 45.1 Å². The summed E-state index contributed by atoms with van der Waals surface area (Å²) in [6, 6.07) is 16.2. The first-order valence-corrected chi connectivity index (χ1v) is 17.1. The Morgan fingerprint density at radius 1 is 0.863 bits per heavy atom. The fourth-order valence-corrected chi connectivity index (χ4v) is 4.70. The molecule has 0 aliphatic carbocycles. The molecule has 0 bridgehead atoms. The number of nitrogens with one attached hydrogen (secondary N) is 4. The number of benzene rings is 2. The minimum absolute atomic E-state index is 0.0902. The molecular formula is C37H51N7O7. The number of esters is 1. The molecule has 1 atom stereocenters. The van der Waals surface area contributed by atoms with E-state index in [9.17, 15) is 9.59 Å². The van der Waals surface area contributed by atoms with Gasteiger partial charge in [0.1, 0.15) is 23.6 Å². The number of anilines is 1. The number of nitrogens with zero attached hydrogens (tertiary/aromatic N) is 3. The van der Waals surface area contributed by atoms with Crippen LogP contribution in [0.2, 0.25) is 0 Å². The number of unbranched alkanes of at least 4 members (excludes halogenated alkanes) is 3. The number of aromatic nitrogens is 2. The van der Waals surface area contributed by atoms with Gasteiger partial charge in [0, 0.05) is 31.1 Å². The van der Waals surface area contributed by atoms with Crippen LogP contribution < -0.4 is 15.4 Å². The molecule has 0 aliphatic rings. The van der Waals surface area contributed by atoms with Gasteiger partial charge in [-0.25, -0.2) is 9.97 Å². The lowest BCUT2D eigenvalue weighted by Crippen LogP contribution is -2.37. The Kier molecular flexibility index (Phi) is 18.6. The van der Waals surface area contributed by atoms with Crippen LogP contribution in [0.5, 0.6) is 5.75 Å². The van der Waals surface area contributed by atoms with Gasteiger partial charge in [-0.3, -0.25) is 20.4 Å². The molecule has 14 nitrogen and oxygen atoms in total. The van der Waals surface area contributed by atoms with Crippen molar-refractivity contribution in [1.82, 2.24) is 20.2 Å². The third kappa shape index (κ3) is 15.7. The van der Waals surface area contributed by atoms with E-state index < -0.39 is 0 Å². The zero-order valence-corrected chi connectivity index (χ0v) is 29.8. The lowest BCUT2D eigenvalue weighted by Gasteiger charge is -2.21. The standard InChI is InChI=1S/C37H51N7O7/c1-28(43-37(46)30-11-8-12-31(24-30)41-26-34(38)44(2)36(39)33-14-16-40-27-42-33)29-10-9-13-32(25-29)51-18-7-5-4-6-17-48-20-22-50-23-21-49-19-15-35(45)47-3/h8-14,16,24-25,27-28,38-39,41H,4-7,15,17-23,26H2,1-3H3,(H,43,46)/t28-/m1/s1. The molecule has 14 heteroatoms. The Morgan fingerprint density at radius 2 is 1.57 bits per heavy atom. The molecule has 0 spiro atoms. The van der Waals surface area contributed by atoms with Crippen LogP contribution in [0.1, 0.15) is 66.7 Å². The molecule has 1 amide bonds. The van der Waals surface area contributed by atoms with Crippen molar-refractivity contribution >= 4 is 29.2 Å². The predicted molar refractivity (Wildman–Crippen MR) is 195 cm³/mol. The second-order valence-electron chi connectivity index (χ2n) is 11.6. The maximum absolute atomic E-state index is 13.1. The molecule has 0 unspecified atom stereocenters. The molecule has 0 fully saturated rings. The van der Waals surface area contributed by atoms with Gasteiger partial charge in [0.15, 0.2) is 5.84 Å². The van der Waals surface area contributed by atoms with Gasteiger partial charge in [-0.2, -0.15) is 0 Å². The lowest BCUT2D eigenvalue weighted by atomic mass is 10.1. The van der Waals surface area contributed by atoms with Crippen LogP contribution in [0.25, 0.3) is 0 Å². The number of methoxy groups -OCH3 is 1. The predicted octanol–water partition coefficient (Wildman–Crippen LogP) is 4.87. The van der Waals surface area contributed by atoms with E-state index in [2.05, 4.69) is 25.3 Å². The highest BCUT2D eigenvalue weighted by Gasteiger charge is 2.15. The highest BCUT2D eigenvalue weighted by atomic mass is 16.5. The molecule has 3 rings (SSSR count). The topological polar surface area (TPSA) is 181 Å². The van der Waals surface area contributed by atoms with Crippen LogP contribution in [0.15, 0.2) is 67.1 Å². The molecule has 4 N–H and O–H groups in total. The molecule has 3 aromatic rings. The fourth-order valence-electron chi connectivity index (χ4n) is 4.70. The largest absolute Gasteiger partial charge is 0.494 e. The fraction of sp³-hybridized carbons (Fsp3) is 0.459. The Morgan fingerprint density at radius 3 is 2.29 bits per heavy atom. The summed E-state index contributed by atoms with van der Waals surface area (Å²) in [5.41, 5.74) is 2.53. The van der Waals surface area contributed by atoms with Crippen LogP contribution in [0, 0.1) is 10.8 Å². The zero-order chi connectivity index (χ0) is 36.7. The number of amides is 1. The lowest BCUT2D eigenvalue weighted by molar-refractivity contribution is -0.141. The summed E-state index contributed by atoms with van der Waals surface area (Å²) in [5, 5.41) is 22.9. The van der Waals surface area contributed by atoms with Crippen LogP contribution >= 0.6 is 0 Å². The molecular weight excluding hydrogens is 654 g/mol. The van der Waals surface area contributed by atoms with Gasteiger partial charge in [0.2, 0.25) is 0 Å². The quantitative estimate of drug-likeness (QED) is 0.0432. The van der Waals surface area contributed by atoms with Gasteiger partial charge in [-0.1, -0.05) is 24.6 Å². The maximum Gasteiger partial charge on any atom is 0.307 e. The molecule has 1 heterocycles. The average molecular weight is 706 g/mol. The summed E-state index contributed by atoms with van der Waals surface area (Å²) < 4.78 is 26.9. The summed E-state index contributed by atoms with van der Waals surface area (Å²) in [5.74, 6) is 0.518. The number of carbonyl (C=O) groups is 2. The first-order chi connectivity index (χ1) is 24.8. The van der Waals surface area contributed by atoms with Crippen molar-refractivity contribution in [2.75, 3.05) is 72.3 Å². The van der Waals surface area contributed by atoms with Crippen LogP contribution in [-0.4, -0.2) is 105 Å². The summed E-state index contributed by atoms with van der Waals surface area (Å²) in [6.45, 7) is 5.65. The first-order valence-electron chi connectivity index (χ1n) is 17.1. The Hall–Kier alpha value is -4.92. The van der Waals surface area contributed by atoms with E-state index in [1.165, 1.54) is 18.3 Å². The van der Waals surface area contributed by atoms with E-state index in [0.717, 1.165) is 37.0 Å². The summed E-state index contributed by atoms with van der Waals surface area (Å²) >= 11 is 0. The second-order valence-corrected chi connectivity index (χ2v) is 11.6. The van der Waals surface area contributed by atoms with Crippen LogP contribution in [-0.2, 0) is 23.7 Å². The van der Waals surface area contributed by atoms with E-state index >= 15 is 0 Å². The van der Waals surface area contributed by atoms with Crippen molar-refractivity contribution in [2.24, 2.45) is 0 Å². The van der Waals surface area contributed by atoms with E-state index in [4.69, 9.17) is 29.8 Å². The van der Waals surface area contributed by atoms with E-state index in [1.54, 1.807) is 37.5 Å². The van der Waals surface area contributed by atoms with Crippen molar-refractivity contribution < 1.29 is 33.3 Å². The Bertz CT molecular complexity index is 1510. The minimum Gasteiger partial charge on any atom is -0.494 e. The van der Waals surface area contributed by atoms with Gasteiger partial charge < -0.3 is 39.2 Å². The van der Waals surface area contributed by atoms with Crippen molar-refractivity contribution in [3.63, 3.8) is 0 Å². The number of carbonyl (C=O) groups excluding carboxylic acids is 2. The number of amidine groups is 2. The number of hydrogen-bond donors (Lipinski definition) is 4. The number of rotatable bonds is 24. The number of ether oxygens (including phenoxy) is 5. The Balaban J connectivity index is 1.28. The molecule has 0 radical (unpaired) electrons. The third-order valence-electron chi connectivity index (χ3n) is 7.73. The summed E-state index contributed by atoms with van der Waals surface area (Å²) in [4.78, 5) is 33.5. The molecule has 1 aromatic heterocycles. The normalized spacial score (nSPS) is 11.4. The van der Waals surface area contributed by atoms with Gasteiger partial charge in [0.25, 0.3) is 5.91 Å². The van der Waals surface area contributed by atoms with Crippen LogP contribution in [0.4, 0.5) is 5.69 Å². The Labute approximate surface area is 300 Å². The zero-order valence-electron chi connectivity index (χ0n) is 29.8. The van der Waals surface area contributed by atoms with Gasteiger partial charge in [-0.05, 0) is 68.1 Å². The average Bonchev–Trinajstić information content (AvgIpc) is 3.16. The second kappa shape index (κ2) is 23.5. The van der Waals surface area contributed by atoms with Gasteiger partial charge in [0.05, 0.1) is 65.8 Å².